The molecule has 0 fully saturated rings. The molecule has 0 aromatic heterocycles. The summed E-state index contributed by atoms with van der Waals surface area (Å²) in [5.41, 5.74) is 1.74. The third kappa shape index (κ3) is 4.88. The fourth-order valence-corrected chi connectivity index (χ4v) is 2.91. The Morgan fingerprint density at radius 2 is 1.41 bits per heavy atom. The molecule has 0 spiro atoms. The molecular formula is C23H28O6. The summed E-state index contributed by atoms with van der Waals surface area (Å²) in [5.74, 6) is -0.0793. The van der Waals surface area contributed by atoms with E-state index in [9.17, 15) is 9.59 Å². The van der Waals surface area contributed by atoms with E-state index in [0.29, 0.717) is 11.3 Å². The van der Waals surface area contributed by atoms with E-state index < -0.39 is 12.1 Å². The smallest absolute Gasteiger partial charge is 0.342 e. The largest absolute Gasteiger partial charge is 0.493 e. The minimum atomic E-state index is -0.958. The lowest BCUT2D eigenvalue weighted by molar-refractivity contribution is 0.0315. The summed E-state index contributed by atoms with van der Waals surface area (Å²) < 4.78 is 21.2. The predicted molar refractivity (Wildman–Crippen MR) is 110 cm³/mol. The van der Waals surface area contributed by atoms with Crippen molar-refractivity contribution in [3.63, 3.8) is 0 Å². The Labute approximate surface area is 171 Å². The summed E-state index contributed by atoms with van der Waals surface area (Å²) in [7, 11) is 4.35. The monoisotopic (exact) mass is 400 g/mol. The third-order valence-electron chi connectivity index (χ3n) is 4.61. The lowest BCUT2D eigenvalue weighted by atomic mass is 9.86. The first-order valence-corrected chi connectivity index (χ1v) is 9.28. The van der Waals surface area contributed by atoms with Crippen molar-refractivity contribution in [2.24, 2.45) is 0 Å². The summed E-state index contributed by atoms with van der Waals surface area (Å²) in [6.07, 6.45) is -0.958. The van der Waals surface area contributed by atoms with Gasteiger partial charge >= 0.3 is 5.97 Å². The Balaban J connectivity index is 2.21. The van der Waals surface area contributed by atoms with Crippen molar-refractivity contribution in [1.29, 1.82) is 0 Å². The van der Waals surface area contributed by atoms with E-state index in [1.54, 1.807) is 25.1 Å². The van der Waals surface area contributed by atoms with Crippen LogP contribution in [0.15, 0.2) is 36.4 Å². The number of ketones is 1. The van der Waals surface area contributed by atoms with E-state index in [4.69, 9.17) is 18.9 Å². The first-order valence-electron chi connectivity index (χ1n) is 9.28. The van der Waals surface area contributed by atoms with E-state index >= 15 is 0 Å². The number of rotatable bonds is 7. The van der Waals surface area contributed by atoms with Crippen molar-refractivity contribution >= 4 is 11.8 Å². The highest BCUT2D eigenvalue weighted by molar-refractivity contribution is 6.02. The van der Waals surface area contributed by atoms with Crippen molar-refractivity contribution in [3.05, 3.63) is 53.1 Å². The van der Waals surface area contributed by atoms with Gasteiger partial charge in [-0.15, -0.1) is 0 Å². The van der Waals surface area contributed by atoms with Crippen molar-refractivity contribution in [2.45, 2.75) is 39.2 Å². The van der Waals surface area contributed by atoms with Crippen LogP contribution >= 0.6 is 0 Å². The summed E-state index contributed by atoms with van der Waals surface area (Å²) in [4.78, 5) is 25.4. The second kappa shape index (κ2) is 8.99. The van der Waals surface area contributed by atoms with Crippen molar-refractivity contribution in [2.75, 3.05) is 21.3 Å². The Bertz CT molecular complexity index is 877. The lowest BCUT2D eigenvalue weighted by Crippen LogP contribution is -2.25. The molecule has 0 N–H and O–H groups in total. The van der Waals surface area contributed by atoms with Gasteiger partial charge in [-0.1, -0.05) is 45.0 Å². The first-order chi connectivity index (χ1) is 13.6. The van der Waals surface area contributed by atoms with Crippen LogP contribution in [0.2, 0.25) is 0 Å². The van der Waals surface area contributed by atoms with Crippen LogP contribution in [0.25, 0.3) is 0 Å². The normalized spacial score (nSPS) is 12.1. The van der Waals surface area contributed by atoms with Gasteiger partial charge in [0, 0.05) is 5.56 Å². The van der Waals surface area contributed by atoms with Crippen LogP contribution in [0, 0.1) is 0 Å². The SMILES string of the molecule is COc1ccc(C(=O)O[C@@H](C)C(=O)c2ccc(C(C)(C)C)cc2)c(OC)c1OC. The Morgan fingerprint density at radius 3 is 1.90 bits per heavy atom. The van der Waals surface area contributed by atoms with Gasteiger partial charge in [0.2, 0.25) is 11.5 Å². The van der Waals surface area contributed by atoms with E-state index in [0.717, 1.165) is 5.56 Å². The van der Waals surface area contributed by atoms with Crippen LogP contribution in [0.4, 0.5) is 0 Å². The molecule has 6 heteroatoms. The number of esters is 1. The third-order valence-corrected chi connectivity index (χ3v) is 4.61. The van der Waals surface area contributed by atoms with Gasteiger partial charge in [0.25, 0.3) is 0 Å². The molecule has 29 heavy (non-hydrogen) atoms. The topological polar surface area (TPSA) is 71.1 Å². The zero-order valence-electron chi connectivity index (χ0n) is 18.0. The van der Waals surface area contributed by atoms with E-state index in [1.807, 2.05) is 12.1 Å². The lowest BCUT2D eigenvalue weighted by Gasteiger charge is -2.19. The maximum absolute atomic E-state index is 12.7. The van der Waals surface area contributed by atoms with E-state index in [1.165, 1.54) is 27.4 Å². The number of benzene rings is 2. The molecule has 2 aromatic rings. The highest BCUT2D eigenvalue weighted by Gasteiger charge is 2.26. The molecular weight excluding hydrogens is 372 g/mol. The first kappa shape index (κ1) is 22.3. The van der Waals surface area contributed by atoms with Gasteiger partial charge in [-0.2, -0.15) is 0 Å². The van der Waals surface area contributed by atoms with Crippen LogP contribution in [-0.2, 0) is 10.2 Å². The van der Waals surface area contributed by atoms with Gasteiger partial charge in [0.15, 0.2) is 17.6 Å². The van der Waals surface area contributed by atoms with Crippen LogP contribution in [0.5, 0.6) is 17.2 Å². The maximum Gasteiger partial charge on any atom is 0.342 e. The second-order valence-corrected chi connectivity index (χ2v) is 7.62. The van der Waals surface area contributed by atoms with Gasteiger partial charge in [-0.25, -0.2) is 4.79 Å². The standard InChI is InChI=1S/C23H28O6/c1-14(19(24)15-8-10-16(11-9-15)23(2,3)4)29-22(25)17-12-13-18(26-5)21(28-7)20(17)27-6/h8-14H,1-7H3/t14-/m0/s1. The van der Waals surface area contributed by atoms with Crippen molar-refractivity contribution in [1.82, 2.24) is 0 Å². The molecule has 0 aliphatic carbocycles. The number of hydrogen-bond acceptors (Lipinski definition) is 6. The van der Waals surface area contributed by atoms with Gasteiger partial charge in [-0.05, 0) is 30.0 Å². The van der Waals surface area contributed by atoms with Crippen molar-refractivity contribution in [3.8, 4) is 17.2 Å². The Hall–Kier alpha value is -3.02. The highest BCUT2D eigenvalue weighted by atomic mass is 16.6. The molecule has 2 aromatic carbocycles. The summed E-state index contributed by atoms with van der Waals surface area (Å²) >= 11 is 0. The number of carbonyl (C=O) groups is 2. The fraction of sp³-hybridized carbons (Fsp3) is 0.391. The molecule has 156 valence electrons. The van der Waals surface area contributed by atoms with E-state index in [-0.39, 0.29) is 28.3 Å². The summed E-state index contributed by atoms with van der Waals surface area (Å²) in [6.45, 7) is 7.85. The number of hydrogen-bond donors (Lipinski definition) is 0. The van der Waals surface area contributed by atoms with Gasteiger partial charge in [0.05, 0.1) is 21.3 Å². The number of methoxy groups -OCH3 is 3. The van der Waals surface area contributed by atoms with Crippen molar-refractivity contribution < 1.29 is 28.5 Å². The van der Waals surface area contributed by atoms with Gasteiger partial charge in [0.1, 0.15) is 5.56 Å². The molecule has 0 radical (unpaired) electrons. The molecule has 1 atom stereocenters. The minimum absolute atomic E-state index is 0.0103. The van der Waals surface area contributed by atoms with Gasteiger partial charge in [-0.3, -0.25) is 4.79 Å². The van der Waals surface area contributed by atoms with Crippen LogP contribution in [-0.4, -0.2) is 39.2 Å². The molecule has 2 rings (SSSR count). The quantitative estimate of drug-likeness (QED) is 0.505. The molecule has 0 bridgehead atoms. The Kier molecular flexibility index (Phi) is 6.90. The fourth-order valence-electron chi connectivity index (χ4n) is 2.91. The molecule has 0 aliphatic heterocycles. The molecule has 0 saturated heterocycles. The summed E-state index contributed by atoms with van der Waals surface area (Å²) in [6, 6.07) is 10.4. The average Bonchev–Trinajstić information content (AvgIpc) is 2.71. The van der Waals surface area contributed by atoms with Gasteiger partial charge < -0.3 is 18.9 Å². The number of ether oxygens (including phenoxy) is 4. The Morgan fingerprint density at radius 1 is 0.828 bits per heavy atom. The minimum Gasteiger partial charge on any atom is -0.493 e. The predicted octanol–water partition coefficient (Wildman–Crippen LogP) is 4.44. The molecule has 0 amide bonds. The number of carbonyl (C=O) groups excluding carboxylic acids is 2. The molecule has 6 nitrogen and oxygen atoms in total. The zero-order chi connectivity index (χ0) is 21.8. The maximum atomic E-state index is 12.7. The molecule has 0 aliphatic rings. The highest BCUT2D eigenvalue weighted by Crippen LogP contribution is 2.40. The van der Waals surface area contributed by atoms with Crippen LogP contribution < -0.4 is 14.2 Å². The van der Waals surface area contributed by atoms with Crippen LogP contribution in [0.3, 0.4) is 0 Å². The zero-order valence-corrected chi connectivity index (χ0v) is 18.0. The van der Waals surface area contributed by atoms with E-state index in [2.05, 4.69) is 20.8 Å². The number of Topliss-reactive ketones (excluding diaryl/α,β-unsaturated/α-hetero) is 1. The summed E-state index contributed by atoms with van der Waals surface area (Å²) in [5, 5.41) is 0. The molecule has 0 heterocycles. The molecule has 0 saturated carbocycles. The molecule has 0 unspecified atom stereocenters. The van der Waals surface area contributed by atoms with Crippen LogP contribution in [0.1, 0.15) is 54.0 Å². The average molecular weight is 400 g/mol. The second-order valence-electron chi connectivity index (χ2n) is 7.62.